The second-order valence-electron chi connectivity index (χ2n) is 4.66. The molecule has 0 bridgehead atoms. The number of benzene rings is 2. The zero-order valence-corrected chi connectivity index (χ0v) is 10.6. The Morgan fingerprint density at radius 2 is 2.05 bits per heavy atom. The van der Waals surface area contributed by atoms with Crippen LogP contribution in [0.25, 0.3) is 22.4 Å². The largest absolute Gasteiger partial charge is 0.338 e. The summed E-state index contributed by atoms with van der Waals surface area (Å²) in [4.78, 5) is 7.69. The quantitative estimate of drug-likeness (QED) is 0.739. The standard InChI is InChI=1S/C15H14FN3/c1-9-4-11(7-12(16)5-9)15-18-13-3-2-10(8-17)6-14(13)19-15/h2-7H,8,17H2,1H3,(H,18,19). The van der Waals surface area contributed by atoms with E-state index in [2.05, 4.69) is 9.97 Å². The first-order chi connectivity index (χ1) is 9.15. The van der Waals surface area contributed by atoms with Crippen LogP contribution in [0.2, 0.25) is 0 Å². The summed E-state index contributed by atoms with van der Waals surface area (Å²) >= 11 is 0. The molecule has 0 fully saturated rings. The number of hydrogen-bond donors (Lipinski definition) is 2. The highest BCUT2D eigenvalue weighted by atomic mass is 19.1. The fourth-order valence-corrected chi connectivity index (χ4v) is 2.19. The van der Waals surface area contributed by atoms with Crippen LogP contribution in [0.3, 0.4) is 0 Å². The van der Waals surface area contributed by atoms with Crippen molar-refractivity contribution in [1.82, 2.24) is 9.97 Å². The molecule has 0 aliphatic heterocycles. The van der Waals surface area contributed by atoms with E-state index >= 15 is 0 Å². The molecule has 0 spiro atoms. The van der Waals surface area contributed by atoms with Gasteiger partial charge >= 0.3 is 0 Å². The van der Waals surface area contributed by atoms with Gasteiger partial charge in [-0.2, -0.15) is 0 Å². The molecule has 0 amide bonds. The lowest BCUT2D eigenvalue weighted by molar-refractivity contribution is 0.627. The summed E-state index contributed by atoms with van der Waals surface area (Å²) in [6.07, 6.45) is 0. The lowest BCUT2D eigenvalue weighted by Crippen LogP contribution is -1.95. The fraction of sp³-hybridized carbons (Fsp3) is 0.133. The Kier molecular flexibility index (Phi) is 2.80. The second-order valence-corrected chi connectivity index (χ2v) is 4.66. The van der Waals surface area contributed by atoms with Gasteiger partial charge in [0.15, 0.2) is 0 Å². The smallest absolute Gasteiger partial charge is 0.138 e. The highest BCUT2D eigenvalue weighted by molar-refractivity contribution is 5.80. The maximum Gasteiger partial charge on any atom is 0.138 e. The minimum Gasteiger partial charge on any atom is -0.338 e. The summed E-state index contributed by atoms with van der Waals surface area (Å²) < 4.78 is 13.4. The number of fused-ring (bicyclic) bond motifs is 1. The van der Waals surface area contributed by atoms with Gasteiger partial charge in [0.1, 0.15) is 11.6 Å². The molecule has 3 N–H and O–H groups in total. The molecule has 0 aliphatic rings. The molecule has 3 rings (SSSR count). The van der Waals surface area contributed by atoms with Gasteiger partial charge in [-0.3, -0.25) is 0 Å². The third-order valence-electron chi connectivity index (χ3n) is 3.10. The Bertz CT molecular complexity index is 726. The predicted molar refractivity (Wildman–Crippen MR) is 74.1 cm³/mol. The summed E-state index contributed by atoms with van der Waals surface area (Å²) in [7, 11) is 0. The Morgan fingerprint density at radius 3 is 2.79 bits per heavy atom. The number of rotatable bonds is 2. The molecule has 1 aromatic heterocycles. The minimum absolute atomic E-state index is 0.252. The maximum atomic E-state index is 13.4. The van der Waals surface area contributed by atoms with Gasteiger partial charge in [0.2, 0.25) is 0 Å². The van der Waals surface area contributed by atoms with Crippen LogP contribution in [0.1, 0.15) is 11.1 Å². The number of imidazole rings is 1. The van der Waals surface area contributed by atoms with E-state index in [1.165, 1.54) is 12.1 Å². The van der Waals surface area contributed by atoms with Crippen LogP contribution in [0.4, 0.5) is 4.39 Å². The van der Waals surface area contributed by atoms with E-state index in [4.69, 9.17) is 5.73 Å². The highest BCUT2D eigenvalue weighted by Crippen LogP contribution is 2.23. The molecule has 19 heavy (non-hydrogen) atoms. The molecule has 2 aromatic carbocycles. The molecular formula is C15H14FN3. The third kappa shape index (κ3) is 2.22. The zero-order chi connectivity index (χ0) is 13.4. The number of nitrogens with two attached hydrogens (primary N) is 1. The van der Waals surface area contributed by atoms with Crippen LogP contribution >= 0.6 is 0 Å². The van der Waals surface area contributed by atoms with Crippen molar-refractivity contribution in [2.24, 2.45) is 5.73 Å². The minimum atomic E-state index is -0.252. The third-order valence-corrected chi connectivity index (χ3v) is 3.10. The van der Waals surface area contributed by atoms with Crippen LogP contribution in [0.5, 0.6) is 0 Å². The molecule has 0 saturated carbocycles. The number of aryl methyl sites for hydroxylation is 1. The number of H-pyrrole nitrogens is 1. The Hall–Kier alpha value is -2.20. The van der Waals surface area contributed by atoms with Crippen molar-refractivity contribution in [2.45, 2.75) is 13.5 Å². The molecule has 0 aliphatic carbocycles. The predicted octanol–water partition coefficient (Wildman–Crippen LogP) is 3.14. The van der Waals surface area contributed by atoms with Crippen molar-refractivity contribution in [2.75, 3.05) is 0 Å². The average Bonchev–Trinajstić information content (AvgIpc) is 2.80. The monoisotopic (exact) mass is 255 g/mol. The van der Waals surface area contributed by atoms with Crippen molar-refractivity contribution in [3.63, 3.8) is 0 Å². The molecule has 1 heterocycles. The van der Waals surface area contributed by atoms with E-state index < -0.39 is 0 Å². The number of aromatic amines is 1. The molecule has 0 radical (unpaired) electrons. The van der Waals surface area contributed by atoms with Crippen LogP contribution < -0.4 is 5.73 Å². The molecule has 0 saturated heterocycles. The van der Waals surface area contributed by atoms with Gasteiger partial charge in [-0.15, -0.1) is 0 Å². The van der Waals surface area contributed by atoms with Gasteiger partial charge in [-0.25, -0.2) is 9.37 Å². The molecule has 3 aromatic rings. The van der Waals surface area contributed by atoms with Crippen molar-refractivity contribution in [3.05, 3.63) is 53.3 Å². The fourth-order valence-electron chi connectivity index (χ4n) is 2.19. The number of nitrogens with zero attached hydrogens (tertiary/aromatic N) is 1. The molecular weight excluding hydrogens is 241 g/mol. The normalized spacial score (nSPS) is 11.1. The van der Waals surface area contributed by atoms with Gasteiger partial charge in [0.05, 0.1) is 11.0 Å². The molecule has 3 nitrogen and oxygen atoms in total. The van der Waals surface area contributed by atoms with Gasteiger partial charge < -0.3 is 10.7 Å². The average molecular weight is 255 g/mol. The topological polar surface area (TPSA) is 54.7 Å². The number of aromatic nitrogens is 2. The van der Waals surface area contributed by atoms with Crippen LogP contribution in [0, 0.1) is 12.7 Å². The van der Waals surface area contributed by atoms with E-state index in [0.717, 1.165) is 27.7 Å². The Morgan fingerprint density at radius 1 is 1.21 bits per heavy atom. The second kappa shape index (κ2) is 4.48. The molecule has 0 unspecified atom stereocenters. The van der Waals surface area contributed by atoms with Crippen molar-refractivity contribution < 1.29 is 4.39 Å². The highest BCUT2D eigenvalue weighted by Gasteiger charge is 2.07. The first-order valence-electron chi connectivity index (χ1n) is 6.12. The first kappa shape index (κ1) is 11.9. The summed E-state index contributed by atoms with van der Waals surface area (Å²) in [6, 6.07) is 10.7. The lowest BCUT2D eigenvalue weighted by Gasteiger charge is -1.99. The molecule has 96 valence electrons. The Balaban J connectivity index is 2.14. The summed E-state index contributed by atoms with van der Waals surface area (Å²) in [5, 5.41) is 0. The van der Waals surface area contributed by atoms with Crippen LogP contribution in [-0.4, -0.2) is 9.97 Å². The van der Waals surface area contributed by atoms with Crippen molar-refractivity contribution in [3.8, 4) is 11.4 Å². The summed E-state index contributed by atoms with van der Waals surface area (Å²) in [5.74, 6) is 0.421. The van der Waals surface area contributed by atoms with E-state index in [1.54, 1.807) is 0 Å². The van der Waals surface area contributed by atoms with Crippen LogP contribution in [0.15, 0.2) is 36.4 Å². The number of nitrogens with one attached hydrogen (secondary N) is 1. The summed E-state index contributed by atoms with van der Waals surface area (Å²) in [6.45, 7) is 2.35. The SMILES string of the molecule is Cc1cc(F)cc(-c2nc3ccc(CN)cc3[nH]2)c1. The molecule has 0 atom stereocenters. The van der Waals surface area contributed by atoms with E-state index in [1.807, 2.05) is 31.2 Å². The maximum absolute atomic E-state index is 13.4. The number of halogens is 1. The lowest BCUT2D eigenvalue weighted by atomic mass is 10.1. The molecule has 4 heteroatoms. The van der Waals surface area contributed by atoms with Crippen LogP contribution in [-0.2, 0) is 6.54 Å². The van der Waals surface area contributed by atoms with E-state index in [0.29, 0.717) is 12.4 Å². The van der Waals surface area contributed by atoms with Gasteiger partial charge in [0.25, 0.3) is 0 Å². The van der Waals surface area contributed by atoms with E-state index in [-0.39, 0.29) is 5.82 Å². The zero-order valence-electron chi connectivity index (χ0n) is 10.6. The van der Waals surface area contributed by atoms with Crippen molar-refractivity contribution in [1.29, 1.82) is 0 Å². The van der Waals surface area contributed by atoms with Gasteiger partial charge in [-0.05, 0) is 48.4 Å². The number of hydrogen-bond acceptors (Lipinski definition) is 2. The van der Waals surface area contributed by atoms with Gasteiger partial charge in [-0.1, -0.05) is 6.07 Å². The van der Waals surface area contributed by atoms with Gasteiger partial charge in [0, 0.05) is 12.1 Å². The summed E-state index contributed by atoms with van der Waals surface area (Å²) in [5.41, 5.74) is 10.1. The first-order valence-corrected chi connectivity index (χ1v) is 6.12. The Labute approximate surface area is 110 Å². The van der Waals surface area contributed by atoms with E-state index in [9.17, 15) is 4.39 Å². The van der Waals surface area contributed by atoms with Crippen molar-refractivity contribution >= 4 is 11.0 Å².